The average molecular weight is 266 g/mol. The van der Waals surface area contributed by atoms with Crippen LogP contribution in [0.3, 0.4) is 0 Å². The van der Waals surface area contributed by atoms with Gasteiger partial charge in [0.1, 0.15) is 6.29 Å². The highest BCUT2D eigenvalue weighted by Gasteiger charge is 2.13. The maximum absolute atomic E-state index is 11.5. The summed E-state index contributed by atoms with van der Waals surface area (Å²) in [6, 6.07) is 12.6. The maximum atomic E-state index is 11.5. The van der Waals surface area contributed by atoms with E-state index in [1.165, 1.54) is 27.8 Å². The number of benzene rings is 2. The molecule has 0 spiro atoms. The SMILES string of the molecule is Cc1ccc(C(C=O)Cc2cccc(C)c2C)cc1C. The monoisotopic (exact) mass is 266 g/mol. The van der Waals surface area contributed by atoms with Crippen LogP contribution in [0.4, 0.5) is 0 Å². The smallest absolute Gasteiger partial charge is 0.127 e. The summed E-state index contributed by atoms with van der Waals surface area (Å²) in [6.45, 7) is 8.44. The van der Waals surface area contributed by atoms with Crippen LogP contribution in [0, 0.1) is 27.7 Å². The van der Waals surface area contributed by atoms with Gasteiger partial charge in [-0.1, -0.05) is 36.4 Å². The van der Waals surface area contributed by atoms with Gasteiger partial charge in [0, 0.05) is 5.92 Å². The zero-order valence-electron chi connectivity index (χ0n) is 12.7. The lowest BCUT2D eigenvalue weighted by atomic mass is 9.89. The van der Waals surface area contributed by atoms with Crippen LogP contribution >= 0.6 is 0 Å². The van der Waals surface area contributed by atoms with Crippen molar-refractivity contribution < 1.29 is 4.79 Å². The number of aldehydes is 1. The van der Waals surface area contributed by atoms with Crippen molar-refractivity contribution in [2.24, 2.45) is 0 Å². The molecule has 2 rings (SSSR count). The summed E-state index contributed by atoms with van der Waals surface area (Å²) in [6.07, 6.45) is 1.85. The van der Waals surface area contributed by atoms with Crippen LogP contribution < -0.4 is 0 Å². The fourth-order valence-electron chi connectivity index (χ4n) is 2.51. The second-order valence-electron chi connectivity index (χ2n) is 5.65. The van der Waals surface area contributed by atoms with E-state index in [4.69, 9.17) is 0 Å². The predicted octanol–water partition coefficient (Wildman–Crippen LogP) is 4.45. The van der Waals surface area contributed by atoms with Crippen LogP contribution in [0.2, 0.25) is 0 Å². The van der Waals surface area contributed by atoms with Gasteiger partial charge in [0.2, 0.25) is 0 Å². The molecule has 0 aliphatic heterocycles. The Balaban J connectivity index is 2.31. The normalized spacial score (nSPS) is 12.2. The van der Waals surface area contributed by atoms with Crippen molar-refractivity contribution in [2.75, 3.05) is 0 Å². The minimum atomic E-state index is -0.0604. The molecule has 1 unspecified atom stereocenters. The lowest BCUT2D eigenvalue weighted by Gasteiger charge is -2.15. The predicted molar refractivity (Wildman–Crippen MR) is 84.3 cm³/mol. The van der Waals surface area contributed by atoms with Crippen molar-refractivity contribution in [3.8, 4) is 0 Å². The van der Waals surface area contributed by atoms with Gasteiger partial charge < -0.3 is 4.79 Å². The van der Waals surface area contributed by atoms with Crippen molar-refractivity contribution in [3.05, 3.63) is 69.8 Å². The highest BCUT2D eigenvalue weighted by Crippen LogP contribution is 2.24. The molecule has 20 heavy (non-hydrogen) atoms. The molecule has 1 atom stereocenters. The van der Waals surface area contributed by atoms with E-state index in [1.807, 2.05) is 0 Å². The molecule has 0 radical (unpaired) electrons. The number of rotatable bonds is 4. The Bertz CT molecular complexity index is 626. The van der Waals surface area contributed by atoms with E-state index in [1.54, 1.807) is 0 Å². The van der Waals surface area contributed by atoms with Crippen molar-refractivity contribution in [1.29, 1.82) is 0 Å². The molecule has 0 saturated carbocycles. The molecule has 0 aromatic heterocycles. The van der Waals surface area contributed by atoms with E-state index in [9.17, 15) is 4.79 Å². The third kappa shape index (κ3) is 2.98. The molecular weight excluding hydrogens is 244 g/mol. The standard InChI is InChI=1S/C19H22O/c1-13-8-9-18(10-15(13)3)19(12-20)11-17-7-5-6-14(2)16(17)4/h5-10,12,19H,11H2,1-4H3. The molecule has 2 aromatic rings. The highest BCUT2D eigenvalue weighted by molar-refractivity contribution is 5.63. The fraction of sp³-hybridized carbons (Fsp3) is 0.316. The average Bonchev–Trinajstić information content (AvgIpc) is 2.44. The molecule has 2 aromatic carbocycles. The first-order chi connectivity index (χ1) is 9.52. The number of carbonyl (C=O) groups is 1. The first kappa shape index (κ1) is 14.5. The molecule has 0 fully saturated rings. The Morgan fingerprint density at radius 3 is 2.35 bits per heavy atom. The minimum Gasteiger partial charge on any atom is -0.303 e. The molecule has 0 N–H and O–H groups in total. The van der Waals surface area contributed by atoms with Crippen LogP contribution in [-0.2, 0) is 11.2 Å². The summed E-state index contributed by atoms with van der Waals surface area (Å²) >= 11 is 0. The van der Waals surface area contributed by atoms with Crippen molar-refractivity contribution in [3.63, 3.8) is 0 Å². The molecule has 104 valence electrons. The van der Waals surface area contributed by atoms with Gasteiger partial charge in [0.15, 0.2) is 0 Å². The van der Waals surface area contributed by atoms with Gasteiger partial charge in [0.25, 0.3) is 0 Å². The van der Waals surface area contributed by atoms with Crippen molar-refractivity contribution in [2.45, 2.75) is 40.0 Å². The fourth-order valence-corrected chi connectivity index (χ4v) is 2.51. The van der Waals surface area contributed by atoms with E-state index < -0.39 is 0 Å². The number of aryl methyl sites for hydroxylation is 3. The number of carbonyl (C=O) groups excluding carboxylic acids is 1. The lowest BCUT2D eigenvalue weighted by molar-refractivity contribution is -0.109. The van der Waals surface area contributed by atoms with Crippen LogP contribution in [0.25, 0.3) is 0 Å². The quantitative estimate of drug-likeness (QED) is 0.747. The van der Waals surface area contributed by atoms with Crippen molar-refractivity contribution in [1.82, 2.24) is 0 Å². The molecule has 1 heteroatoms. The Hall–Kier alpha value is -1.89. The van der Waals surface area contributed by atoms with E-state index in [2.05, 4.69) is 64.1 Å². The van der Waals surface area contributed by atoms with Gasteiger partial charge in [-0.15, -0.1) is 0 Å². The van der Waals surface area contributed by atoms with E-state index in [-0.39, 0.29) is 5.92 Å². The van der Waals surface area contributed by atoms with Crippen LogP contribution in [-0.4, -0.2) is 6.29 Å². The van der Waals surface area contributed by atoms with Gasteiger partial charge in [-0.3, -0.25) is 0 Å². The summed E-state index contributed by atoms with van der Waals surface area (Å²) in [7, 11) is 0. The van der Waals surface area contributed by atoms with E-state index in [0.29, 0.717) is 0 Å². The lowest BCUT2D eigenvalue weighted by Crippen LogP contribution is -2.06. The highest BCUT2D eigenvalue weighted by atomic mass is 16.1. The van der Waals surface area contributed by atoms with E-state index >= 15 is 0 Å². The van der Waals surface area contributed by atoms with Crippen molar-refractivity contribution >= 4 is 6.29 Å². The Morgan fingerprint density at radius 1 is 0.950 bits per heavy atom. The molecule has 0 saturated heterocycles. The Labute approximate surface area is 121 Å². The van der Waals surface area contributed by atoms with Gasteiger partial charge in [-0.25, -0.2) is 0 Å². The van der Waals surface area contributed by atoms with Crippen LogP contribution in [0.5, 0.6) is 0 Å². The third-order valence-electron chi connectivity index (χ3n) is 4.28. The Morgan fingerprint density at radius 2 is 1.70 bits per heavy atom. The van der Waals surface area contributed by atoms with Gasteiger partial charge in [-0.05, 0) is 67.5 Å². The van der Waals surface area contributed by atoms with Crippen LogP contribution in [0.15, 0.2) is 36.4 Å². The summed E-state index contributed by atoms with van der Waals surface area (Å²) in [5.74, 6) is -0.0604. The Kier molecular flexibility index (Phi) is 4.39. The van der Waals surface area contributed by atoms with E-state index in [0.717, 1.165) is 18.3 Å². The summed E-state index contributed by atoms with van der Waals surface area (Å²) < 4.78 is 0. The molecule has 0 amide bonds. The van der Waals surface area contributed by atoms with Gasteiger partial charge in [0.05, 0.1) is 0 Å². The van der Waals surface area contributed by atoms with Crippen LogP contribution in [0.1, 0.15) is 39.3 Å². The zero-order valence-corrected chi connectivity index (χ0v) is 12.7. The largest absolute Gasteiger partial charge is 0.303 e. The van der Waals surface area contributed by atoms with Gasteiger partial charge in [-0.2, -0.15) is 0 Å². The first-order valence-electron chi connectivity index (χ1n) is 7.10. The molecule has 0 bridgehead atoms. The first-order valence-corrected chi connectivity index (χ1v) is 7.10. The second-order valence-corrected chi connectivity index (χ2v) is 5.65. The molecule has 0 heterocycles. The number of hydrogen-bond donors (Lipinski definition) is 0. The number of hydrogen-bond acceptors (Lipinski definition) is 1. The maximum Gasteiger partial charge on any atom is 0.127 e. The third-order valence-corrected chi connectivity index (χ3v) is 4.28. The minimum absolute atomic E-state index is 0.0604. The molecule has 0 aliphatic carbocycles. The summed E-state index contributed by atoms with van der Waals surface area (Å²) in [4.78, 5) is 11.5. The topological polar surface area (TPSA) is 17.1 Å². The van der Waals surface area contributed by atoms with Gasteiger partial charge >= 0.3 is 0 Å². The zero-order chi connectivity index (χ0) is 14.7. The molecular formula is C19H22O. The second kappa shape index (κ2) is 6.04. The molecule has 0 aliphatic rings. The molecule has 1 nitrogen and oxygen atoms in total. The summed E-state index contributed by atoms with van der Waals surface area (Å²) in [5.41, 5.74) is 7.47. The summed E-state index contributed by atoms with van der Waals surface area (Å²) in [5, 5.41) is 0.